The molecule has 9 heteroatoms. The van der Waals surface area contributed by atoms with Crippen molar-refractivity contribution in [2.24, 2.45) is 0 Å². The number of phenols is 1. The molecule has 174 valence electrons. The molecule has 0 aliphatic heterocycles. The molecule has 8 nitrogen and oxygen atoms in total. The van der Waals surface area contributed by atoms with Crippen LogP contribution in [0.3, 0.4) is 0 Å². The number of aromatic hydroxyl groups is 1. The molecule has 0 amide bonds. The second kappa shape index (κ2) is 9.36. The molecule has 4 rings (SSSR count). The third-order valence-corrected chi connectivity index (χ3v) is 5.37. The maximum Gasteiger partial charge on any atom is 0.343 e. The highest BCUT2D eigenvalue weighted by molar-refractivity contribution is 6.32. The Morgan fingerprint density at radius 2 is 1.62 bits per heavy atom. The number of hydrogen-bond acceptors (Lipinski definition) is 8. The highest BCUT2D eigenvalue weighted by Gasteiger charge is 2.27. The fraction of sp³-hybridized carbons (Fsp3) is 0.120. The standard InChI is InChI=1S/C25H19ClO8/c1-30-17-12-16(27)18-19(28)24(32-3)21(33-23(18)22(17)31-2)14-10-7-11-15(26)20(14)34-25(29)13-8-5-4-6-9-13/h4-12,27H,1-3H3. The van der Waals surface area contributed by atoms with Crippen LogP contribution >= 0.6 is 11.6 Å². The highest BCUT2D eigenvalue weighted by Crippen LogP contribution is 2.45. The minimum absolute atomic E-state index is 0.0371. The minimum atomic E-state index is -0.669. The number of para-hydroxylation sites is 1. The summed E-state index contributed by atoms with van der Waals surface area (Å²) in [6.45, 7) is 0. The van der Waals surface area contributed by atoms with Gasteiger partial charge in [-0.1, -0.05) is 35.9 Å². The number of fused-ring (bicyclic) bond motifs is 1. The first-order valence-corrected chi connectivity index (χ1v) is 10.3. The molecule has 0 unspecified atom stereocenters. The van der Waals surface area contributed by atoms with Crippen molar-refractivity contribution < 1.29 is 33.3 Å². The SMILES string of the molecule is COc1cc(O)c2c(=O)c(OC)c(-c3cccc(Cl)c3OC(=O)c3ccccc3)oc2c1OC. The molecule has 34 heavy (non-hydrogen) atoms. The van der Waals surface area contributed by atoms with E-state index < -0.39 is 11.4 Å². The van der Waals surface area contributed by atoms with E-state index in [1.165, 1.54) is 33.5 Å². The van der Waals surface area contributed by atoms with Crippen LogP contribution in [0.2, 0.25) is 5.02 Å². The molecule has 1 aromatic heterocycles. The maximum absolute atomic E-state index is 13.3. The number of carbonyl (C=O) groups is 1. The highest BCUT2D eigenvalue weighted by atomic mass is 35.5. The lowest BCUT2D eigenvalue weighted by molar-refractivity contribution is 0.0735. The Morgan fingerprint density at radius 3 is 2.26 bits per heavy atom. The summed E-state index contributed by atoms with van der Waals surface area (Å²) in [5.74, 6) is -1.15. The van der Waals surface area contributed by atoms with E-state index >= 15 is 0 Å². The Balaban J connectivity index is 2.00. The Hall–Kier alpha value is -4.17. The molecule has 0 atom stereocenters. The van der Waals surface area contributed by atoms with Crippen LogP contribution in [0.1, 0.15) is 10.4 Å². The van der Waals surface area contributed by atoms with Gasteiger partial charge in [0.15, 0.2) is 22.8 Å². The lowest BCUT2D eigenvalue weighted by Gasteiger charge is -2.16. The van der Waals surface area contributed by atoms with E-state index in [0.717, 1.165) is 0 Å². The van der Waals surface area contributed by atoms with Crippen LogP contribution in [0.4, 0.5) is 0 Å². The Labute approximate surface area is 198 Å². The lowest BCUT2D eigenvalue weighted by atomic mass is 10.1. The van der Waals surface area contributed by atoms with Crippen LogP contribution < -0.4 is 24.4 Å². The van der Waals surface area contributed by atoms with Crippen LogP contribution in [-0.4, -0.2) is 32.4 Å². The van der Waals surface area contributed by atoms with Crippen LogP contribution in [0.25, 0.3) is 22.3 Å². The molecule has 0 fully saturated rings. The summed E-state index contributed by atoms with van der Waals surface area (Å²) in [6.07, 6.45) is 0. The smallest absolute Gasteiger partial charge is 0.343 e. The molecule has 0 radical (unpaired) electrons. The van der Waals surface area contributed by atoms with Gasteiger partial charge in [-0.25, -0.2) is 4.79 Å². The van der Waals surface area contributed by atoms with Gasteiger partial charge in [0.25, 0.3) is 0 Å². The van der Waals surface area contributed by atoms with Gasteiger partial charge >= 0.3 is 5.97 Å². The van der Waals surface area contributed by atoms with Crippen molar-refractivity contribution >= 4 is 28.5 Å². The molecule has 4 aromatic rings. The van der Waals surface area contributed by atoms with Gasteiger partial charge in [-0.3, -0.25) is 4.79 Å². The number of methoxy groups -OCH3 is 3. The van der Waals surface area contributed by atoms with Crippen molar-refractivity contribution in [2.75, 3.05) is 21.3 Å². The van der Waals surface area contributed by atoms with Gasteiger partial charge in [-0.05, 0) is 24.3 Å². The quantitative estimate of drug-likeness (QED) is 0.300. The third-order valence-electron chi connectivity index (χ3n) is 5.07. The van der Waals surface area contributed by atoms with E-state index in [2.05, 4.69) is 0 Å². The minimum Gasteiger partial charge on any atom is -0.507 e. The largest absolute Gasteiger partial charge is 0.507 e. The van der Waals surface area contributed by atoms with Crippen molar-refractivity contribution in [1.82, 2.24) is 0 Å². The van der Waals surface area contributed by atoms with Gasteiger partial charge in [0, 0.05) is 6.07 Å². The van der Waals surface area contributed by atoms with E-state index in [1.54, 1.807) is 42.5 Å². The molecule has 0 spiro atoms. The number of halogens is 1. The first-order chi connectivity index (χ1) is 16.4. The second-order valence-electron chi connectivity index (χ2n) is 7.00. The van der Waals surface area contributed by atoms with E-state index in [-0.39, 0.29) is 56.1 Å². The number of carbonyl (C=O) groups excluding carboxylic acids is 1. The molecular weight excluding hydrogens is 464 g/mol. The summed E-state index contributed by atoms with van der Waals surface area (Å²) >= 11 is 6.37. The normalized spacial score (nSPS) is 10.7. The summed E-state index contributed by atoms with van der Waals surface area (Å²) in [7, 11) is 4.02. The van der Waals surface area contributed by atoms with Gasteiger partial charge in [0.05, 0.1) is 37.5 Å². The van der Waals surface area contributed by atoms with Gasteiger partial charge in [-0.2, -0.15) is 0 Å². The number of benzene rings is 3. The molecule has 3 aromatic carbocycles. The van der Waals surface area contributed by atoms with Gasteiger partial charge in [0.2, 0.25) is 16.9 Å². The van der Waals surface area contributed by atoms with E-state index in [1.807, 2.05) is 0 Å². The van der Waals surface area contributed by atoms with E-state index in [4.69, 9.17) is 35.0 Å². The molecule has 0 aliphatic rings. The fourth-order valence-corrected chi connectivity index (χ4v) is 3.72. The molecule has 0 saturated heterocycles. The van der Waals surface area contributed by atoms with Crippen LogP contribution in [0.15, 0.2) is 63.8 Å². The average Bonchev–Trinajstić information content (AvgIpc) is 2.85. The summed E-state index contributed by atoms with van der Waals surface area (Å²) in [5.41, 5.74) is -0.272. The zero-order chi connectivity index (χ0) is 24.4. The van der Waals surface area contributed by atoms with Crippen LogP contribution in [0, 0.1) is 0 Å². The number of esters is 1. The first kappa shape index (κ1) is 23.0. The van der Waals surface area contributed by atoms with Crippen molar-refractivity contribution in [3.8, 4) is 40.1 Å². The predicted octanol–water partition coefficient (Wildman–Crippen LogP) is 5.06. The molecule has 1 N–H and O–H groups in total. The number of phenolic OH excluding ortho intramolecular Hbond substituents is 1. The Morgan fingerprint density at radius 1 is 0.912 bits per heavy atom. The topological polar surface area (TPSA) is 104 Å². The first-order valence-electron chi connectivity index (χ1n) is 9.96. The van der Waals surface area contributed by atoms with Crippen molar-refractivity contribution in [3.63, 3.8) is 0 Å². The Bertz CT molecular complexity index is 1440. The number of rotatable bonds is 6. The van der Waals surface area contributed by atoms with E-state index in [0.29, 0.717) is 5.56 Å². The molecule has 0 aliphatic carbocycles. The zero-order valence-electron chi connectivity index (χ0n) is 18.4. The van der Waals surface area contributed by atoms with Gasteiger partial charge in [-0.15, -0.1) is 0 Å². The monoisotopic (exact) mass is 482 g/mol. The zero-order valence-corrected chi connectivity index (χ0v) is 19.1. The molecule has 1 heterocycles. The van der Waals surface area contributed by atoms with Gasteiger partial charge in [0.1, 0.15) is 11.1 Å². The molecule has 0 bridgehead atoms. The molecular formula is C25H19ClO8. The Kier molecular flexibility index (Phi) is 6.34. The van der Waals surface area contributed by atoms with Crippen molar-refractivity contribution in [1.29, 1.82) is 0 Å². The third kappa shape index (κ3) is 3.88. The number of ether oxygens (including phenoxy) is 4. The summed E-state index contributed by atoms with van der Waals surface area (Å²) in [5, 5.41) is 10.4. The van der Waals surface area contributed by atoms with Crippen molar-refractivity contribution in [3.05, 3.63) is 75.4 Å². The fourth-order valence-electron chi connectivity index (χ4n) is 3.51. The van der Waals surface area contributed by atoms with Crippen LogP contribution in [-0.2, 0) is 0 Å². The van der Waals surface area contributed by atoms with Crippen molar-refractivity contribution in [2.45, 2.75) is 0 Å². The van der Waals surface area contributed by atoms with E-state index in [9.17, 15) is 14.7 Å². The van der Waals surface area contributed by atoms with Crippen LogP contribution in [0.5, 0.6) is 28.7 Å². The summed E-state index contributed by atoms with van der Waals surface area (Å²) in [6, 6.07) is 14.3. The second-order valence-corrected chi connectivity index (χ2v) is 7.41. The maximum atomic E-state index is 13.3. The van der Waals surface area contributed by atoms with Gasteiger partial charge < -0.3 is 28.5 Å². The summed E-state index contributed by atoms with van der Waals surface area (Å²) in [4.78, 5) is 26.0. The lowest BCUT2D eigenvalue weighted by Crippen LogP contribution is -2.11. The predicted molar refractivity (Wildman–Crippen MR) is 126 cm³/mol. The average molecular weight is 483 g/mol. The molecule has 0 saturated carbocycles. The summed E-state index contributed by atoms with van der Waals surface area (Å²) < 4.78 is 27.6. The number of hydrogen-bond donors (Lipinski definition) is 1.